The van der Waals surface area contributed by atoms with E-state index in [2.05, 4.69) is 0 Å². The molecular formula is C14H18O4. The summed E-state index contributed by atoms with van der Waals surface area (Å²) in [6.07, 6.45) is 0.155. The van der Waals surface area contributed by atoms with E-state index in [1.54, 1.807) is 31.2 Å². The molecule has 0 bridgehead atoms. The monoisotopic (exact) mass is 250 g/mol. The number of hydrogen-bond donors (Lipinski definition) is 0. The Labute approximate surface area is 107 Å². The molecule has 4 heteroatoms. The van der Waals surface area contributed by atoms with Crippen LogP contribution in [0.25, 0.3) is 0 Å². The number of carbonyl (C=O) groups is 1. The molecule has 1 aromatic carbocycles. The van der Waals surface area contributed by atoms with Gasteiger partial charge in [-0.15, -0.1) is 0 Å². The van der Waals surface area contributed by atoms with Crippen LogP contribution in [0, 0.1) is 0 Å². The topological polar surface area (TPSA) is 48.1 Å². The Balaban J connectivity index is 2.01. The highest BCUT2D eigenvalue weighted by atomic mass is 16.6. The molecule has 0 aromatic heterocycles. The molecule has 1 aliphatic rings. The molecule has 0 aliphatic carbocycles. The molecule has 1 heterocycles. The van der Waals surface area contributed by atoms with E-state index in [0.29, 0.717) is 12.2 Å². The van der Waals surface area contributed by atoms with E-state index in [4.69, 9.17) is 14.2 Å². The highest BCUT2D eigenvalue weighted by Gasteiger charge is 2.41. The van der Waals surface area contributed by atoms with Gasteiger partial charge in [0.2, 0.25) is 0 Å². The van der Waals surface area contributed by atoms with E-state index in [9.17, 15) is 4.79 Å². The Bertz CT molecular complexity index is 418. The molecule has 1 saturated heterocycles. The van der Waals surface area contributed by atoms with Crippen LogP contribution in [-0.2, 0) is 9.47 Å². The second kappa shape index (κ2) is 4.98. The van der Waals surface area contributed by atoms with Gasteiger partial charge in [-0.25, -0.2) is 4.79 Å². The minimum atomic E-state index is -0.342. The van der Waals surface area contributed by atoms with Gasteiger partial charge in [0.15, 0.2) is 0 Å². The quantitative estimate of drug-likeness (QED) is 0.595. The maximum absolute atomic E-state index is 11.5. The van der Waals surface area contributed by atoms with Gasteiger partial charge in [0.25, 0.3) is 0 Å². The lowest BCUT2D eigenvalue weighted by atomic mass is 10.1. The van der Waals surface area contributed by atoms with Gasteiger partial charge in [0.05, 0.1) is 18.8 Å². The molecule has 4 nitrogen and oxygen atoms in total. The number of rotatable bonds is 5. The third-order valence-electron chi connectivity index (χ3n) is 2.86. The molecule has 1 aliphatic heterocycles. The molecule has 18 heavy (non-hydrogen) atoms. The first-order chi connectivity index (χ1) is 8.53. The molecule has 0 N–H and O–H groups in total. The van der Waals surface area contributed by atoms with Gasteiger partial charge in [0.1, 0.15) is 17.5 Å². The summed E-state index contributed by atoms with van der Waals surface area (Å²) >= 11 is 0. The minimum Gasteiger partial charge on any atom is -0.485 e. The van der Waals surface area contributed by atoms with Crippen LogP contribution in [0.5, 0.6) is 5.75 Å². The summed E-state index contributed by atoms with van der Waals surface area (Å²) in [5.41, 5.74) is 0.190. The van der Waals surface area contributed by atoms with Gasteiger partial charge in [-0.2, -0.15) is 0 Å². The normalized spacial score (nSPS) is 18.3. The molecular weight excluding hydrogens is 232 g/mol. The van der Waals surface area contributed by atoms with E-state index in [0.717, 1.165) is 12.4 Å². The Morgan fingerprint density at radius 2 is 2.00 bits per heavy atom. The minimum absolute atomic E-state index is 0.155. The molecule has 0 amide bonds. The molecule has 0 radical (unpaired) electrons. The first-order valence-corrected chi connectivity index (χ1v) is 6.10. The van der Waals surface area contributed by atoms with Gasteiger partial charge in [-0.3, -0.25) is 0 Å². The van der Waals surface area contributed by atoms with E-state index in [-0.39, 0.29) is 17.7 Å². The summed E-state index contributed by atoms with van der Waals surface area (Å²) in [5.74, 6) is 0.414. The lowest BCUT2D eigenvalue weighted by Crippen LogP contribution is -2.34. The fraction of sp³-hybridized carbons (Fsp3) is 0.500. The van der Waals surface area contributed by atoms with Crippen molar-refractivity contribution in [3.05, 3.63) is 29.8 Å². The smallest absolute Gasteiger partial charge is 0.338 e. The van der Waals surface area contributed by atoms with Gasteiger partial charge in [-0.05, 0) is 45.0 Å². The van der Waals surface area contributed by atoms with Crippen molar-refractivity contribution in [3.63, 3.8) is 0 Å². The predicted octanol–water partition coefficient (Wildman–Crippen LogP) is 2.42. The van der Waals surface area contributed by atoms with Crippen LogP contribution in [0.15, 0.2) is 24.3 Å². The van der Waals surface area contributed by atoms with Crippen molar-refractivity contribution in [2.24, 2.45) is 0 Å². The number of hydrogen-bond acceptors (Lipinski definition) is 4. The molecule has 1 aromatic rings. The lowest BCUT2D eigenvalue weighted by molar-refractivity contribution is 0.0526. The molecule has 1 fully saturated rings. The fourth-order valence-electron chi connectivity index (χ4n) is 1.69. The average Bonchev–Trinajstić information content (AvgIpc) is 3.13. The van der Waals surface area contributed by atoms with E-state index in [1.165, 1.54) is 0 Å². The van der Waals surface area contributed by atoms with Crippen LogP contribution < -0.4 is 4.74 Å². The number of ether oxygens (including phenoxy) is 3. The van der Waals surface area contributed by atoms with Crippen molar-refractivity contribution in [3.8, 4) is 5.75 Å². The van der Waals surface area contributed by atoms with Gasteiger partial charge in [-0.1, -0.05) is 0 Å². The van der Waals surface area contributed by atoms with Crippen molar-refractivity contribution in [1.82, 2.24) is 0 Å². The Morgan fingerprint density at radius 1 is 1.39 bits per heavy atom. The van der Waals surface area contributed by atoms with Crippen molar-refractivity contribution in [2.75, 3.05) is 13.2 Å². The Kier molecular flexibility index (Phi) is 3.57. The van der Waals surface area contributed by atoms with Crippen LogP contribution in [0.4, 0.5) is 0 Å². The number of epoxide rings is 1. The Hall–Kier alpha value is -1.55. The zero-order chi connectivity index (χ0) is 13.2. The first-order valence-electron chi connectivity index (χ1n) is 6.10. The average molecular weight is 250 g/mol. The van der Waals surface area contributed by atoms with E-state index in [1.807, 2.05) is 13.8 Å². The van der Waals surface area contributed by atoms with Gasteiger partial charge < -0.3 is 14.2 Å². The van der Waals surface area contributed by atoms with Gasteiger partial charge >= 0.3 is 5.97 Å². The maximum Gasteiger partial charge on any atom is 0.338 e. The second-order valence-corrected chi connectivity index (χ2v) is 4.77. The lowest BCUT2D eigenvalue weighted by Gasteiger charge is -2.24. The van der Waals surface area contributed by atoms with Crippen LogP contribution >= 0.6 is 0 Å². The zero-order valence-corrected chi connectivity index (χ0v) is 10.9. The maximum atomic E-state index is 11.5. The second-order valence-electron chi connectivity index (χ2n) is 4.77. The van der Waals surface area contributed by atoms with Crippen molar-refractivity contribution < 1.29 is 19.0 Å². The summed E-state index contributed by atoms with van der Waals surface area (Å²) < 4.78 is 16.0. The van der Waals surface area contributed by atoms with Crippen molar-refractivity contribution >= 4 is 5.97 Å². The summed E-state index contributed by atoms with van der Waals surface area (Å²) in [5, 5.41) is 0. The van der Waals surface area contributed by atoms with E-state index < -0.39 is 0 Å². The van der Waals surface area contributed by atoms with Crippen molar-refractivity contribution in [2.45, 2.75) is 32.5 Å². The summed E-state index contributed by atoms with van der Waals surface area (Å²) in [4.78, 5) is 11.5. The molecule has 1 atom stereocenters. The summed E-state index contributed by atoms with van der Waals surface area (Å²) in [7, 11) is 0. The van der Waals surface area contributed by atoms with Gasteiger partial charge in [0, 0.05) is 0 Å². The molecule has 1 unspecified atom stereocenters. The molecule has 0 spiro atoms. The van der Waals surface area contributed by atoms with Crippen LogP contribution in [0.1, 0.15) is 31.1 Å². The highest BCUT2D eigenvalue weighted by molar-refractivity contribution is 5.89. The summed E-state index contributed by atoms with van der Waals surface area (Å²) in [6.45, 7) is 6.89. The zero-order valence-electron chi connectivity index (χ0n) is 10.9. The molecule has 0 saturated carbocycles. The largest absolute Gasteiger partial charge is 0.485 e. The molecule has 2 rings (SSSR count). The standard InChI is InChI=1S/C14H18O4/c1-4-16-13(15)10-5-7-11(8-6-10)18-14(2,3)12-9-17-12/h5-8,12H,4,9H2,1-3H3. The highest BCUT2D eigenvalue weighted by Crippen LogP contribution is 2.29. The SMILES string of the molecule is CCOC(=O)c1ccc(OC(C)(C)C2CO2)cc1. The third kappa shape index (κ3) is 3.01. The first kappa shape index (κ1) is 12.9. The van der Waals surface area contributed by atoms with Crippen LogP contribution in [0.3, 0.4) is 0 Å². The molecule has 98 valence electrons. The van der Waals surface area contributed by atoms with Crippen molar-refractivity contribution in [1.29, 1.82) is 0 Å². The number of carbonyl (C=O) groups excluding carboxylic acids is 1. The Morgan fingerprint density at radius 3 is 2.50 bits per heavy atom. The van der Waals surface area contributed by atoms with E-state index >= 15 is 0 Å². The predicted molar refractivity (Wildman–Crippen MR) is 66.8 cm³/mol. The number of esters is 1. The van der Waals surface area contributed by atoms with Crippen LogP contribution in [0.2, 0.25) is 0 Å². The third-order valence-corrected chi connectivity index (χ3v) is 2.86. The summed E-state index contributed by atoms with van der Waals surface area (Å²) in [6, 6.07) is 6.96. The fourth-order valence-corrected chi connectivity index (χ4v) is 1.69. The van der Waals surface area contributed by atoms with Crippen LogP contribution in [-0.4, -0.2) is 30.9 Å². The number of benzene rings is 1.